The van der Waals surface area contributed by atoms with E-state index in [1.807, 2.05) is 0 Å². The minimum absolute atomic E-state index is 0.0377. The van der Waals surface area contributed by atoms with Crippen LogP contribution in [0.5, 0.6) is 0 Å². The normalized spacial score (nSPS) is 27.5. The second kappa shape index (κ2) is 12.2. The number of nitrogens with zero attached hydrogens (tertiary/aromatic N) is 4. The molecule has 202 valence electrons. The van der Waals surface area contributed by atoms with Crippen LogP contribution in [-0.4, -0.2) is 84.5 Å². The summed E-state index contributed by atoms with van der Waals surface area (Å²) in [6, 6.07) is 2.48. The number of piperazine rings is 1. The molecule has 0 aromatic carbocycles. The topological polar surface area (TPSA) is 90.8 Å². The second-order valence-electron chi connectivity index (χ2n) is 12.2. The zero-order valence-electron chi connectivity index (χ0n) is 22.8. The Labute approximate surface area is 217 Å². The molecule has 3 aliphatic rings. The Morgan fingerprint density at radius 2 is 1.81 bits per heavy atom. The molecule has 2 saturated carbocycles. The highest BCUT2D eigenvalue weighted by atomic mass is 16.5. The Balaban J connectivity index is 1.19. The summed E-state index contributed by atoms with van der Waals surface area (Å²) in [7, 11) is 1.73. The van der Waals surface area contributed by atoms with Crippen LogP contribution in [0.4, 0.5) is 5.82 Å². The molecule has 2 N–H and O–H groups in total. The standard InChI is InChI=1S/C28H47N5O3/c1-28(2,3)27-30-23(10-16-36-4)19-25(31-27)33-14-12-32(13-15-33)11-9-20-5-7-22(8-6-20)29-26(35)21-17-24(34)18-21/h19-22,24,34H,5-18H2,1-4H3,(H,29,35)/t20-,21-,22+,24-. The SMILES string of the molecule is COCCc1cc(N2CCN(CC[C@H]3CC[C@@H](NC(=O)[C@H]4C[C@H](O)C4)CC3)CC2)nc(C(C)(C)C)n1. The van der Waals surface area contributed by atoms with Crippen LogP contribution in [0.15, 0.2) is 6.07 Å². The van der Waals surface area contributed by atoms with Crippen LogP contribution < -0.4 is 10.2 Å². The largest absolute Gasteiger partial charge is 0.393 e. The summed E-state index contributed by atoms with van der Waals surface area (Å²) in [5, 5.41) is 12.7. The third-order valence-corrected chi connectivity index (χ3v) is 8.23. The van der Waals surface area contributed by atoms with Crippen molar-refractivity contribution in [2.24, 2.45) is 11.8 Å². The molecule has 8 heteroatoms. The zero-order chi connectivity index (χ0) is 25.7. The minimum Gasteiger partial charge on any atom is -0.393 e. The average molecular weight is 502 g/mol. The van der Waals surface area contributed by atoms with Gasteiger partial charge < -0.3 is 20.1 Å². The van der Waals surface area contributed by atoms with E-state index in [9.17, 15) is 9.90 Å². The number of anilines is 1. The molecular weight excluding hydrogens is 454 g/mol. The fourth-order valence-corrected chi connectivity index (χ4v) is 5.60. The number of hydrogen-bond acceptors (Lipinski definition) is 7. The Morgan fingerprint density at radius 3 is 2.42 bits per heavy atom. The maximum atomic E-state index is 12.3. The van der Waals surface area contributed by atoms with Crippen molar-refractivity contribution in [1.82, 2.24) is 20.2 Å². The van der Waals surface area contributed by atoms with Crippen molar-refractivity contribution < 1.29 is 14.6 Å². The van der Waals surface area contributed by atoms with Crippen LogP contribution in [0, 0.1) is 11.8 Å². The summed E-state index contributed by atoms with van der Waals surface area (Å²) in [5.41, 5.74) is 0.979. The first-order chi connectivity index (χ1) is 17.2. The first-order valence-corrected chi connectivity index (χ1v) is 14.0. The quantitative estimate of drug-likeness (QED) is 0.538. The third kappa shape index (κ3) is 7.39. The van der Waals surface area contributed by atoms with Crippen molar-refractivity contribution in [3.8, 4) is 0 Å². The minimum atomic E-state index is -0.265. The van der Waals surface area contributed by atoms with Gasteiger partial charge in [0.2, 0.25) is 5.91 Å². The van der Waals surface area contributed by atoms with Gasteiger partial charge in [-0.1, -0.05) is 20.8 Å². The number of carbonyl (C=O) groups is 1. The van der Waals surface area contributed by atoms with Crippen molar-refractivity contribution in [1.29, 1.82) is 0 Å². The van der Waals surface area contributed by atoms with Crippen LogP contribution in [-0.2, 0) is 21.4 Å². The highest BCUT2D eigenvalue weighted by Crippen LogP contribution is 2.30. The lowest BCUT2D eigenvalue weighted by Gasteiger charge is -2.37. The fraction of sp³-hybridized carbons (Fsp3) is 0.821. The molecule has 1 aliphatic heterocycles. The molecule has 1 saturated heterocycles. The number of aliphatic hydroxyl groups is 1. The number of methoxy groups -OCH3 is 1. The van der Waals surface area contributed by atoms with E-state index in [2.05, 4.69) is 42.0 Å². The molecule has 36 heavy (non-hydrogen) atoms. The van der Waals surface area contributed by atoms with Crippen LogP contribution >= 0.6 is 0 Å². The smallest absolute Gasteiger partial charge is 0.223 e. The van der Waals surface area contributed by atoms with E-state index in [4.69, 9.17) is 14.7 Å². The van der Waals surface area contributed by atoms with Crippen LogP contribution in [0.25, 0.3) is 0 Å². The summed E-state index contributed by atoms with van der Waals surface area (Å²) >= 11 is 0. The number of ether oxygens (including phenoxy) is 1. The molecule has 0 unspecified atom stereocenters. The van der Waals surface area contributed by atoms with Crippen LogP contribution in [0.2, 0.25) is 0 Å². The van der Waals surface area contributed by atoms with Crippen molar-refractivity contribution in [2.45, 2.75) is 89.7 Å². The highest BCUT2D eigenvalue weighted by Gasteiger charge is 2.34. The summed E-state index contributed by atoms with van der Waals surface area (Å²) in [6.45, 7) is 12.5. The maximum absolute atomic E-state index is 12.3. The number of aromatic nitrogens is 2. The number of rotatable bonds is 9. The molecule has 0 radical (unpaired) electrons. The van der Waals surface area contributed by atoms with Gasteiger partial charge in [-0.2, -0.15) is 0 Å². The third-order valence-electron chi connectivity index (χ3n) is 8.23. The van der Waals surface area contributed by atoms with Gasteiger partial charge in [0.05, 0.1) is 12.7 Å². The predicted molar refractivity (Wildman–Crippen MR) is 142 cm³/mol. The first-order valence-electron chi connectivity index (χ1n) is 14.0. The lowest BCUT2D eigenvalue weighted by Crippen LogP contribution is -2.47. The number of carbonyl (C=O) groups excluding carboxylic acids is 1. The average Bonchev–Trinajstić information content (AvgIpc) is 2.84. The van der Waals surface area contributed by atoms with Gasteiger partial charge in [-0.3, -0.25) is 9.69 Å². The molecule has 2 aliphatic carbocycles. The molecule has 0 spiro atoms. The van der Waals surface area contributed by atoms with E-state index in [1.54, 1.807) is 7.11 Å². The molecule has 4 rings (SSSR count). The Kier molecular flexibility index (Phi) is 9.23. The van der Waals surface area contributed by atoms with E-state index in [0.29, 0.717) is 25.5 Å². The molecular formula is C28H47N5O3. The number of aliphatic hydroxyl groups excluding tert-OH is 1. The number of hydrogen-bond donors (Lipinski definition) is 2. The molecule has 1 aromatic heterocycles. The molecule has 0 bridgehead atoms. The van der Waals surface area contributed by atoms with Crippen LogP contribution in [0.1, 0.15) is 77.2 Å². The summed E-state index contributed by atoms with van der Waals surface area (Å²) in [5.74, 6) is 2.92. The molecule has 8 nitrogen and oxygen atoms in total. The molecule has 0 atom stereocenters. The van der Waals surface area contributed by atoms with Gasteiger partial charge in [0.1, 0.15) is 11.6 Å². The number of nitrogens with one attached hydrogen (secondary N) is 1. The monoisotopic (exact) mass is 501 g/mol. The Morgan fingerprint density at radius 1 is 1.11 bits per heavy atom. The predicted octanol–water partition coefficient (Wildman–Crippen LogP) is 2.92. The fourth-order valence-electron chi connectivity index (χ4n) is 5.60. The van der Waals surface area contributed by atoms with Crippen LogP contribution in [0.3, 0.4) is 0 Å². The van der Waals surface area contributed by atoms with Crippen molar-refractivity contribution in [2.75, 3.05) is 51.3 Å². The van der Waals surface area contributed by atoms with E-state index in [1.165, 1.54) is 19.3 Å². The summed E-state index contributed by atoms with van der Waals surface area (Å²) in [6.07, 6.45) is 7.67. The van der Waals surface area contributed by atoms with Gasteiger partial charge in [-0.25, -0.2) is 9.97 Å². The molecule has 1 amide bonds. The van der Waals surface area contributed by atoms with Gasteiger partial charge in [-0.15, -0.1) is 0 Å². The lowest BCUT2D eigenvalue weighted by atomic mass is 9.80. The highest BCUT2D eigenvalue weighted by molar-refractivity contribution is 5.79. The molecule has 3 fully saturated rings. The number of amides is 1. The summed E-state index contributed by atoms with van der Waals surface area (Å²) in [4.78, 5) is 27.0. The van der Waals surface area contributed by atoms with Gasteiger partial charge >= 0.3 is 0 Å². The second-order valence-corrected chi connectivity index (χ2v) is 12.2. The van der Waals surface area contributed by atoms with Gasteiger partial charge in [0, 0.05) is 68.8 Å². The van der Waals surface area contributed by atoms with E-state index >= 15 is 0 Å². The first kappa shape index (κ1) is 27.3. The van der Waals surface area contributed by atoms with Gasteiger partial charge in [0.25, 0.3) is 0 Å². The lowest BCUT2D eigenvalue weighted by molar-refractivity contribution is -0.132. The van der Waals surface area contributed by atoms with Gasteiger partial charge in [-0.05, 0) is 57.4 Å². The van der Waals surface area contributed by atoms with Crippen molar-refractivity contribution in [3.63, 3.8) is 0 Å². The van der Waals surface area contributed by atoms with Crippen molar-refractivity contribution in [3.05, 3.63) is 17.6 Å². The zero-order valence-corrected chi connectivity index (χ0v) is 22.8. The van der Waals surface area contributed by atoms with Crippen molar-refractivity contribution >= 4 is 11.7 Å². The maximum Gasteiger partial charge on any atom is 0.223 e. The molecule has 1 aromatic rings. The van der Waals surface area contributed by atoms with Gasteiger partial charge in [0.15, 0.2) is 0 Å². The molecule has 2 heterocycles. The Hall–Kier alpha value is -1.77. The van der Waals surface area contributed by atoms with E-state index < -0.39 is 0 Å². The summed E-state index contributed by atoms with van der Waals surface area (Å²) < 4.78 is 5.28. The van der Waals surface area contributed by atoms with E-state index in [0.717, 1.165) is 75.2 Å². The van der Waals surface area contributed by atoms with E-state index in [-0.39, 0.29) is 23.3 Å². The Bertz CT molecular complexity index is 851.